The molecule has 0 spiro atoms. The molecule has 0 aliphatic rings. The van der Waals surface area contributed by atoms with E-state index in [2.05, 4.69) is 20.3 Å². The van der Waals surface area contributed by atoms with Crippen molar-refractivity contribution in [2.24, 2.45) is 0 Å². The zero-order valence-corrected chi connectivity index (χ0v) is 14.2. The number of nitrogens with zero attached hydrogens (tertiary/aromatic N) is 3. The number of rotatable bonds is 7. The zero-order valence-electron chi connectivity index (χ0n) is 14.2. The van der Waals surface area contributed by atoms with E-state index < -0.39 is 0 Å². The van der Waals surface area contributed by atoms with Crippen LogP contribution in [-0.4, -0.2) is 29.2 Å². The average Bonchev–Trinajstić information content (AvgIpc) is 2.69. The lowest BCUT2D eigenvalue weighted by Gasteiger charge is -2.21. The van der Waals surface area contributed by atoms with Crippen LogP contribution in [0.4, 0.5) is 0 Å². The molecule has 6 nitrogen and oxygen atoms in total. The van der Waals surface area contributed by atoms with E-state index in [0.717, 1.165) is 17.1 Å². The molecular weight excluding hydrogens is 316 g/mol. The van der Waals surface area contributed by atoms with Gasteiger partial charge in [0.05, 0.1) is 19.9 Å². The predicted octanol–water partition coefficient (Wildman–Crippen LogP) is 2.77. The van der Waals surface area contributed by atoms with Crippen LogP contribution in [0.1, 0.15) is 23.1 Å². The van der Waals surface area contributed by atoms with Crippen molar-refractivity contribution in [3.05, 3.63) is 78.1 Å². The molecule has 128 valence electrons. The fraction of sp³-hybridized carbons (Fsp3) is 0.211. The minimum Gasteiger partial charge on any atom is -0.495 e. The fourth-order valence-electron chi connectivity index (χ4n) is 2.62. The first kappa shape index (κ1) is 16.9. The van der Waals surface area contributed by atoms with E-state index >= 15 is 0 Å². The highest BCUT2D eigenvalue weighted by Gasteiger charge is 2.24. The van der Waals surface area contributed by atoms with Gasteiger partial charge in [0.25, 0.3) is 0 Å². The van der Waals surface area contributed by atoms with Gasteiger partial charge in [-0.05, 0) is 36.4 Å². The summed E-state index contributed by atoms with van der Waals surface area (Å²) in [5.74, 6) is 1.38. The first-order valence-electron chi connectivity index (χ1n) is 7.94. The van der Waals surface area contributed by atoms with Gasteiger partial charge in [-0.25, -0.2) is 0 Å². The van der Waals surface area contributed by atoms with Crippen molar-refractivity contribution in [3.8, 4) is 11.5 Å². The minimum atomic E-state index is -0.297. The Balaban J connectivity index is 1.99. The fourth-order valence-corrected chi connectivity index (χ4v) is 2.62. The number of nitrogens with one attached hydrogen (secondary N) is 1. The highest BCUT2D eigenvalue weighted by Crippen LogP contribution is 2.31. The summed E-state index contributed by atoms with van der Waals surface area (Å²) >= 11 is 0. The van der Waals surface area contributed by atoms with E-state index in [0.29, 0.717) is 18.0 Å². The van der Waals surface area contributed by atoms with Crippen molar-refractivity contribution in [2.45, 2.75) is 12.6 Å². The third-order valence-electron chi connectivity index (χ3n) is 3.80. The van der Waals surface area contributed by atoms with Crippen molar-refractivity contribution in [3.63, 3.8) is 0 Å². The van der Waals surface area contributed by atoms with Crippen LogP contribution >= 0.6 is 0 Å². The second-order valence-corrected chi connectivity index (χ2v) is 5.32. The van der Waals surface area contributed by atoms with Gasteiger partial charge < -0.3 is 9.47 Å². The van der Waals surface area contributed by atoms with Crippen LogP contribution < -0.4 is 14.8 Å². The maximum Gasteiger partial charge on any atom is 0.142 e. The van der Waals surface area contributed by atoms with Crippen LogP contribution in [0.2, 0.25) is 0 Å². The van der Waals surface area contributed by atoms with Gasteiger partial charge in [0.15, 0.2) is 0 Å². The van der Waals surface area contributed by atoms with Gasteiger partial charge in [-0.3, -0.25) is 20.3 Å². The summed E-state index contributed by atoms with van der Waals surface area (Å²) in [6.07, 6.45) is 5.25. The van der Waals surface area contributed by atoms with Crippen LogP contribution in [0.15, 0.2) is 61.1 Å². The molecule has 6 heteroatoms. The van der Waals surface area contributed by atoms with Crippen molar-refractivity contribution in [2.75, 3.05) is 14.2 Å². The summed E-state index contributed by atoms with van der Waals surface area (Å²) in [7, 11) is 3.26. The maximum absolute atomic E-state index is 5.49. The molecule has 25 heavy (non-hydrogen) atoms. The molecule has 0 saturated carbocycles. The SMILES string of the molecule is COc1cccnc1C(NCc1ccccn1)c1ncccc1OC. The third kappa shape index (κ3) is 3.92. The summed E-state index contributed by atoms with van der Waals surface area (Å²) in [6.45, 7) is 0.560. The van der Waals surface area contributed by atoms with E-state index in [1.165, 1.54) is 0 Å². The molecule has 0 aliphatic carbocycles. The highest BCUT2D eigenvalue weighted by atomic mass is 16.5. The minimum absolute atomic E-state index is 0.297. The lowest BCUT2D eigenvalue weighted by atomic mass is 10.1. The molecular formula is C19H20N4O2. The molecule has 1 N–H and O–H groups in total. The molecule has 3 heterocycles. The molecule has 0 saturated heterocycles. The second kappa shape index (κ2) is 8.21. The van der Waals surface area contributed by atoms with Gasteiger partial charge in [0.2, 0.25) is 0 Å². The van der Waals surface area contributed by atoms with E-state index in [9.17, 15) is 0 Å². The van der Waals surface area contributed by atoms with Gasteiger partial charge in [0, 0.05) is 25.1 Å². The number of ether oxygens (including phenoxy) is 2. The van der Waals surface area contributed by atoms with Gasteiger partial charge >= 0.3 is 0 Å². The van der Waals surface area contributed by atoms with Gasteiger partial charge in [-0.15, -0.1) is 0 Å². The molecule has 0 fully saturated rings. The Bertz CT molecular complexity index is 764. The van der Waals surface area contributed by atoms with E-state index in [4.69, 9.17) is 9.47 Å². The van der Waals surface area contributed by atoms with Gasteiger partial charge in [0.1, 0.15) is 28.9 Å². The van der Waals surface area contributed by atoms with Crippen molar-refractivity contribution < 1.29 is 9.47 Å². The molecule has 3 aromatic rings. The molecule has 0 aliphatic heterocycles. The Hall–Kier alpha value is -2.99. The Morgan fingerprint density at radius 3 is 1.92 bits per heavy atom. The maximum atomic E-state index is 5.49. The number of hydrogen-bond donors (Lipinski definition) is 1. The van der Waals surface area contributed by atoms with Gasteiger partial charge in [-0.1, -0.05) is 6.07 Å². The van der Waals surface area contributed by atoms with Crippen molar-refractivity contribution in [1.29, 1.82) is 0 Å². The topological polar surface area (TPSA) is 69.2 Å². The lowest BCUT2D eigenvalue weighted by Crippen LogP contribution is -2.25. The van der Waals surface area contributed by atoms with Crippen LogP contribution in [0.5, 0.6) is 11.5 Å². The number of methoxy groups -OCH3 is 2. The van der Waals surface area contributed by atoms with Crippen molar-refractivity contribution >= 4 is 0 Å². The molecule has 0 amide bonds. The monoisotopic (exact) mass is 336 g/mol. The molecule has 0 atom stereocenters. The van der Waals surface area contributed by atoms with Crippen molar-refractivity contribution in [1.82, 2.24) is 20.3 Å². The molecule has 3 aromatic heterocycles. The largest absolute Gasteiger partial charge is 0.495 e. The first-order valence-corrected chi connectivity index (χ1v) is 7.94. The van der Waals surface area contributed by atoms with Crippen LogP contribution in [0, 0.1) is 0 Å². The molecule has 0 unspecified atom stereocenters. The quantitative estimate of drug-likeness (QED) is 0.715. The molecule has 3 rings (SSSR count). The van der Waals surface area contributed by atoms with E-state index in [-0.39, 0.29) is 6.04 Å². The summed E-state index contributed by atoms with van der Waals surface area (Å²) in [5, 5.41) is 3.47. The standard InChI is InChI=1S/C19H20N4O2/c1-24-15-8-5-11-21-17(15)19(18-16(25-2)9-6-12-22-18)23-13-14-7-3-4-10-20-14/h3-12,19,23H,13H2,1-2H3. The van der Waals surface area contributed by atoms with E-state index in [1.807, 2.05) is 42.5 Å². The van der Waals surface area contributed by atoms with Crippen LogP contribution in [0.3, 0.4) is 0 Å². The Morgan fingerprint density at radius 1 is 0.800 bits per heavy atom. The number of hydrogen-bond acceptors (Lipinski definition) is 6. The zero-order chi connectivity index (χ0) is 17.5. The first-order chi connectivity index (χ1) is 12.3. The number of pyridine rings is 3. The van der Waals surface area contributed by atoms with Crippen LogP contribution in [-0.2, 0) is 6.54 Å². The van der Waals surface area contributed by atoms with Gasteiger partial charge in [-0.2, -0.15) is 0 Å². The number of aromatic nitrogens is 3. The molecule has 0 radical (unpaired) electrons. The summed E-state index contributed by atoms with van der Waals surface area (Å²) in [4.78, 5) is 13.4. The predicted molar refractivity (Wildman–Crippen MR) is 94.5 cm³/mol. The average molecular weight is 336 g/mol. The molecule has 0 bridgehead atoms. The highest BCUT2D eigenvalue weighted by molar-refractivity contribution is 5.40. The van der Waals surface area contributed by atoms with E-state index in [1.54, 1.807) is 32.8 Å². The smallest absolute Gasteiger partial charge is 0.142 e. The molecule has 0 aromatic carbocycles. The Labute approximate surface area is 146 Å². The van der Waals surface area contributed by atoms with Crippen LogP contribution in [0.25, 0.3) is 0 Å². The second-order valence-electron chi connectivity index (χ2n) is 5.32. The summed E-state index contributed by atoms with van der Waals surface area (Å²) in [6, 6.07) is 13.0. The summed E-state index contributed by atoms with van der Waals surface area (Å²) in [5.41, 5.74) is 2.42. The summed E-state index contributed by atoms with van der Waals surface area (Å²) < 4.78 is 11.0. The third-order valence-corrected chi connectivity index (χ3v) is 3.80. The Kier molecular flexibility index (Phi) is 5.53. The normalized spacial score (nSPS) is 10.7. The lowest BCUT2D eigenvalue weighted by molar-refractivity contribution is 0.386. The Morgan fingerprint density at radius 2 is 1.40 bits per heavy atom.